The summed E-state index contributed by atoms with van der Waals surface area (Å²) in [5, 5.41) is 0. The number of hydrogen-bond donors (Lipinski definition) is 1. The molecule has 0 saturated carbocycles. The SMILES string of the molecule is COCCn1cncc1CN. The van der Waals surface area contributed by atoms with Crippen LogP contribution in [0, 0.1) is 0 Å². The molecule has 62 valence electrons. The van der Waals surface area contributed by atoms with E-state index < -0.39 is 0 Å². The quantitative estimate of drug-likeness (QED) is 0.665. The molecule has 0 saturated heterocycles. The lowest BCUT2D eigenvalue weighted by molar-refractivity contribution is 0.186. The van der Waals surface area contributed by atoms with Gasteiger partial charge in [-0.3, -0.25) is 0 Å². The zero-order chi connectivity index (χ0) is 8.10. The maximum Gasteiger partial charge on any atom is 0.0949 e. The topological polar surface area (TPSA) is 53.1 Å². The molecule has 0 spiro atoms. The fraction of sp³-hybridized carbons (Fsp3) is 0.571. The Morgan fingerprint density at radius 1 is 1.73 bits per heavy atom. The van der Waals surface area contributed by atoms with Gasteiger partial charge < -0.3 is 15.0 Å². The lowest BCUT2D eigenvalue weighted by Gasteiger charge is -2.04. The van der Waals surface area contributed by atoms with Gasteiger partial charge in [-0.15, -0.1) is 0 Å². The summed E-state index contributed by atoms with van der Waals surface area (Å²) < 4.78 is 6.91. The first-order chi connectivity index (χ1) is 5.38. The van der Waals surface area contributed by atoms with Crippen molar-refractivity contribution in [3.05, 3.63) is 18.2 Å². The van der Waals surface area contributed by atoms with Gasteiger partial charge in [0.1, 0.15) is 0 Å². The first kappa shape index (κ1) is 8.23. The van der Waals surface area contributed by atoms with Crippen molar-refractivity contribution in [3.63, 3.8) is 0 Å². The van der Waals surface area contributed by atoms with Gasteiger partial charge in [-0.25, -0.2) is 4.98 Å². The van der Waals surface area contributed by atoms with E-state index in [1.807, 2.05) is 4.57 Å². The first-order valence-electron chi connectivity index (χ1n) is 3.56. The minimum Gasteiger partial charge on any atom is -0.383 e. The van der Waals surface area contributed by atoms with E-state index in [1.54, 1.807) is 19.6 Å². The zero-order valence-corrected chi connectivity index (χ0v) is 6.66. The predicted molar refractivity (Wildman–Crippen MR) is 42.0 cm³/mol. The molecular formula is C7H13N3O. The molecule has 1 aromatic rings. The molecule has 4 nitrogen and oxygen atoms in total. The van der Waals surface area contributed by atoms with Gasteiger partial charge in [-0.1, -0.05) is 0 Å². The van der Waals surface area contributed by atoms with Crippen molar-refractivity contribution in [2.24, 2.45) is 5.73 Å². The molecule has 0 aromatic carbocycles. The largest absolute Gasteiger partial charge is 0.383 e. The summed E-state index contributed by atoms with van der Waals surface area (Å²) in [6.45, 7) is 2.05. The highest BCUT2D eigenvalue weighted by atomic mass is 16.5. The Hall–Kier alpha value is -0.870. The van der Waals surface area contributed by atoms with E-state index >= 15 is 0 Å². The lowest BCUT2D eigenvalue weighted by Crippen LogP contribution is -2.09. The fourth-order valence-electron chi connectivity index (χ4n) is 0.909. The number of rotatable bonds is 4. The van der Waals surface area contributed by atoms with Crippen molar-refractivity contribution < 1.29 is 4.74 Å². The molecule has 0 unspecified atom stereocenters. The van der Waals surface area contributed by atoms with Crippen LogP contribution in [0.1, 0.15) is 5.69 Å². The Morgan fingerprint density at radius 2 is 2.55 bits per heavy atom. The smallest absolute Gasteiger partial charge is 0.0949 e. The van der Waals surface area contributed by atoms with Crippen molar-refractivity contribution in [1.82, 2.24) is 9.55 Å². The molecule has 0 aliphatic rings. The van der Waals surface area contributed by atoms with Crippen LogP contribution in [-0.4, -0.2) is 23.3 Å². The maximum atomic E-state index is 5.47. The summed E-state index contributed by atoms with van der Waals surface area (Å²) in [6.07, 6.45) is 3.54. The Bertz CT molecular complexity index is 209. The number of ether oxygens (including phenoxy) is 1. The average Bonchev–Trinajstić information content (AvgIpc) is 2.47. The third kappa shape index (κ3) is 2.03. The minimum atomic E-state index is 0.531. The van der Waals surface area contributed by atoms with E-state index in [0.717, 1.165) is 12.2 Å². The second kappa shape index (κ2) is 4.10. The molecule has 0 aliphatic carbocycles. The number of hydrogen-bond acceptors (Lipinski definition) is 3. The van der Waals surface area contributed by atoms with Crippen molar-refractivity contribution in [2.45, 2.75) is 13.1 Å². The Kier molecular flexibility index (Phi) is 3.07. The van der Waals surface area contributed by atoms with Crippen molar-refractivity contribution in [1.29, 1.82) is 0 Å². The van der Waals surface area contributed by atoms with Crippen LogP contribution >= 0.6 is 0 Å². The van der Waals surface area contributed by atoms with E-state index in [2.05, 4.69) is 4.98 Å². The van der Waals surface area contributed by atoms with Gasteiger partial charge in [0.15, 0.2) is 0 Å². The molecule has 0 atom stereocenters. The second-order valence-electron chi connectivity index (χ2n) is 2.28. The van der Waals surface area contributed by atoms with Crippen molar-refractivity contribution in [3.8, 4) is 0 Å². The van der Waals surface area contributed by atoms with Crippen LogP contribution in [0.5, 0.6) is 0 Å². The molecule has 0 bridgehead atoms. The molecule has 0 radical (unpaired) electrons. The first-order valence-corrected chi connectivity index (χ1v) is 3.56. The van der Waals surface area contributed by atoms with Gasteiger partial charge in [0.25, 0.3) is 0 Å². The predicted octanol–water partition coefficient (Wildman–Crippen LogP) is -0.0118. The van der Waals surface area contributed by atoms with Crippen LogP contribution in [-0.2, 0) is 17.8 Å². The highest BCUT2D eigenvalue weighted by Gasteiger charge is 1.97. The van der Waals surface area contributed by atoms with E-state index in [-0.39, 0.29) is 0 Å². The van der Waals surface area contributed by atoms with Crippen molar-refractivity contribution >= 4 is 0 Å². The summed E-state index contributed by atoms with van der Waals surface area (Å²) in [4.78, 5) is 3.97. The molecule has 0 amide bonds. The van der Waals surface area contributed by atoms with E-state index in [1.165, 1.54) is 0 Å². The maximum absolute atomic E-state index is 5.47. The summed E-state index contributed by atoms with van der Waals surface area (Å²) >= 11 is 0. The third-order valence-electron chi connectivity index (χ3n) is 1.54. The number of nitrogens with zero attached hydrogens (tertiary/aromatic N) is 2. The number of aromatic nitrogens is 2. The monoisotopic (exact) mass is 155 g/mol. The zero-order valence-electron chi connectivity index (χ0n) is 6.66. The van der Waals surface area contributed by atoms with Crippen LogP contribution in [0.4, 0.5) is 0 Å². The van der Waals surface area contributed by atoms with Gasteiger partial charge in [0, 0.05) is 26.4 Å². The number of nitrogens with two attached hydrogens (primary N) is 1. The van der Waals surface area contributed by atoms with Crippen LogP contribution in [0.2, 0.25) is 0 Å². The van der Waals surface area contributed by atoms with E-state index in [0.29, 0.717) is 13.2 Å². The molecule has 0 fully saturated rings. The van der Waals surface area contributed by atoms with Gasteiger partial charge in [-0.05, 0) is 0 Å². The summed E-state index contributed by atoms with van der Waals surface area (Å²) in [7, 11) is 1.68. The van der Waals surface area contributed by atoms with Crippen LogP contribution in [0.3, 0.4) is 0 Å². The second-order valence-corrected chi connectivity index (χ2v) is 2.28. The molecule has 1 rings (SSSR count). The molecule has 0 aliphatic heterocycles. The molecule has 4 heteroatoms. The summed E-state index contributed by atoms with van der Waals surface area (Å²) in [6, 6.07) is 0. The van der Waals surface area contributed by atoms with E-state index in [9.17, 15) is 0 Å². The molecule has 2 N–H and O–H groups in total. The standard InChI is InChI=1S/C7H13N3O/c1-11-3-2-10-6-9-5-7(10)4-8/h5-6H,2-4,8H2,1H3. The number of imidazole rings is 1. The number of methoxy groups -OCH3 is 1. The van der Waals surface area contributed by atoms with Gasteiger partial charge >= 0.3 is 0 Å². The summed E-state index contributed by atoms with van der Waals surface area (Å²) in [5.41, 5.74) is 6.51. The highest BCUT2D eigenvalue weighted by Crippen LogP contribution is 1.96. The van der Waals surface area contributed by atoms with Crippen LogP contribution < -0.4 is 5.73 Å². The lowest BCUT2D eigenvalue weighted by atomic mass is 10.4. The van der Waals surface area contributed by atoms with E-state index in [4.69, 9.17) is 10.5 Å². The van der Waals surface area contributed by atoms with Gasteiger partial charge in [-0.2, -0.15) is 0 Å². The fourth-order valence-corrected chi connectivity index (χ4v) is 0.909. The average molecular weight is 155 g/mol. The summed E-state index contributed by atoms with van der Waals surface area (Å²) in [5.74, 6) is 0. The molecule has 1 aromatic heterocycles. The molecular weight excluding hydrogens is 142 g/mol. The van der Waals surface area contributed by atoms with Gasteiger partial charge in [0.05, 0.1) is 18.6 Å². The van der Waals surface area contributed by atoms with Crippen LogP contribution in [0.25, 0.3) is 0 Å². The van der Waals surface area contributed by atoms with Crippen molar-refractivity contribution in [2.75, 3.05) is 13.7 Å². The Morgan fingerprint density at radius 3 is 3.18 bits per heavy atom. The third-order valence-corrected chi connectivity index (χ3v) is 1.54. The van der Waals surface area contributed by atoms with Crippen LogP contribution in [0.15, 0.2) is 12.5 Å². The highest BCUT2D eigenvalue weighted by molar-refractivity contribution is 4.96. The molecule has 1 heterocycles. The normalized spacial score (nSPS) is 10.4. The Labute approximate surface area is 66.0 Å². The van der Waals surface area contributed by atoms with Gasteiger partial charge in [0.2, 0.25) is 0 Å². The Balaban J connectivity index is 2.54. The minimum absolute atomic E-state index is 0.531. The molecule has 11 heavy (non-hydrogen) atoms.